The van der Waals surface area contributed by atoms with E-state index in [4.69, 9.17) is 4.74 Å². The fourth-order valence-electron chi connectivity index (χ4n) is 5.11. The third-order valence-corrected chi connectivity index (χ3v) is 7.11. The van der Waals surface area contributed by atoms with Gasteiger partial charge in [-0.05, 0) is 66.3 Å². The Hall–Kier alpha value is -5.33. The third-order valence-electron chi connectivity index (χ3n) is 7.11. The van der Waals surface area contributed by atoms with Gasteiger partial charge in [0.2, 0.25) is 0 Å². The van der Waals surface area contributed by atoms with Crippen molar-refractivity contribution < 1.29 is 29.0 Å². The predicted molar refractivity (Wildman–Crippen MR) is 139 cm³/mol. The first-order valence-corrected chi connectivity index (χ1v) is 12.5. The molecule has 13 heteroatoms. The minimum Gasteiger partial charge on any atom is -0.482 e. The van der Waals surface area contributed by atoms with Gasteiger partial charge >= 0.3 is 5.97 Å². The summed E-state index contributed by atoms with van der Waals surface area (Å²) in [5, 5.41) is 25.7. The Morgan fingerprint density at radius 3 is 2.85 bits per heavy atom. The number of carbonyl (C=O) groups is 4. The van der Waals surface area contributed by atoms with Crippen LogP contribution in [-0.2, 0) is 17.8 Å². The summed E-state index contributed by atoms with van der Waals surface area (Å²) < 4.78 is 6.75. The fourth-order valence-corrected chi connectivity index (χ4v) is 5.11. The molecule has 0 spiro atoms. The number of aromatic nitrogens is 4. The van der Waals surface area contributed by atoms with Gasteiger partial charge in [0.25, 0.3) is 23.5 Å². The number of aromatic carboxylic acids is 1. The number of rotatable bonds is 6. The first-order chi connectivity index (χ1) is 19.3. The van der Waals surface area contributed by atoms with Gasteiger partial charge in [0.15, 0.2) is 6.61 Å². The minimum absolute atomic E-state index is 0.0194. The molecule has 1 atom stereocenters. The van der Waals surface area contributed by atoms with Gasteiger partial charge in [-0.15, -0.1) is 10.2 Å². The van der Waals surface area contributed by atoms with Crippen molar-refractivity contribution in [2.75, 3.05) is 11.9 Å². The summed E-state index contributed by atoms with van der Waals surface area (Å²) in [4.78, 5) is 53.8. The van der Waals surface area contributed by atoms with Crippen molar-refractivity contribution in [3.8, 4) is 5.75 Å². The number of amides is 3. The van der Waals surface area contributed by atoms with Crippen molar-refractivity contribution in [3.05, 3.63) is 81.9 Å². The Bertz CT molecular complexity index is 1730. The molecule has 4 aromatic rings. The normalized spacial score (nSPS) is 15.5. The zero-order valence-electron chi connectivity index (χ0n) is 21.2. The molecular weight excluding hydrogens is 518 g/mol. The summed E-state index contributed by atoms with van der Waals surface area (Å²) in [5.74, 6) is -1.60. The van der Waals surface area contributed by atoms with E-state index in [2.05, 4.69) is 31.1 Å². The minimum atomic E-state index is -0.988. The third kappa shape index (κ3) is 4.46. The molecule has 13 nitrogen and oxygen atoms in total. The van der Waals surface area contributed by atoms with E-state index in [0.717, 1.165) is 16.7 Å². The van der Waals surface area contributed by atoms with Crippen LogP contribution in [0.25, 0.3) is 5.78 Å². The van der Waals surface area contributed by atoms with Crippen molar-refractivity contribution in [2.24, 2.45) is 0 Å². The highest BCUT2D eigenvalue weighted by Gasteiger charge is 2.29. The van der Waals surface area contributed by atoms with Gasteiger partial charge in [-0.3, -0.25) is 18.8 Å². The molecular formula is C27H23N7O6. The molecule has 0 bridgehead atoms. The molecule has 0 radical (unpaired) electrons. The molecule has 0 fully saturated rings. The highest BCUT2D eigenvalue weighted by molar-refractivity contribution is 5.98. The molecule has 202 valence electrons. The topological polar surface area (TPSA) is 177 Å². The number of fused-ring (bicyclic) bond motifs is 3. The van der Waals surface area contributed by atoms with Gasteiger partial charge in [-0.25, -0.2) is 9.78 Å². The largest absolute Gasteiger partial charge is 0.482 e. The average molecular weight is 542 g/mol. The second kappa shape index (κ2) is 9.76. The Kier molecular flexibility index (Phi) is 6.10. The van der Waals surface area contributed by atoms with Crippen LogP contribution >= 0.6 is 0 Å². The number of carboxylic acids is 1. The van der Waals surface area contributed by atoms with E-state index in [-0.39, 0.29) is 47.8 Å². The molecule has 40 heavy (non-hydrogen) atoms. The lowest BCUT2D eigenvalue weighted by molar-refractivity contribution is -0.118. The van der Waals surface area contributed by atoms with E-state index in [1.165, 1.54) is 16.8 Å². The molecule has 3 heterocycles. The highest BCUT2D eigenvalue weighted by Crippen LogP contribution is 2.35. The van der Waals surface area contributed by atoms with Crippen molar-refractivity contribution in [1.82, 2.24) is 30.2 Å². The lowest BCUT2D eigenvalue weighted by atomic mass is 9.98. The highest BCUT2D eigenvalue weighted by atomic mass is 16.5. The molecule has 2 aromatic heterocycles. The molecule has 1 aliphatic carbocycles. The summed E-state index contributed by atoms with van der Waals surface area (Å²) in [7, 11) is 0. The van der Waals surface area contributed by atoms with Gasteiger partial charge in [0, 0.05) is 6.54 Å². The van der Waals surface area contributed by atoms with Crippen LogP contribution < -0.4 is 20.7 Å². The summed E-state index contributed by atoms with van der Waals surface area (Å²) in [6.07, 6.45) is 2.59. The molecule has 4 N–H and O–H groups in total. The Morgan fingerprint density at radius 1 is 1.18 bits per heavy atom. The van der Waals surface area contributed by atoms with Crippen molar-refractivity contribution >= 4 is 35.2 Å². The molecule has 2 aromatic carbocycles. The van der Waals surface area contributed by atoms with Crippen LogP contribution in [0.15, 0.2) is 42.7 Å². The monoisotopic (exact) mass is 541 g/mol. The number of carboxylic acid groups (broad SMARTS) is 1. The smallest absolute Gasteiger partial charge is 0.335 e. The zero-order chi connectivity index (χ0) is 28.0. The number of hydrogen-bond donors (Lipinski definition) is 4. The number of ether oxygens (including phenoxy) is 1. The zero-order valence-corrected chi connectivity index (χ0v) is 21.2. The van der Waals surface area contributed by atoms with E-state index < -0.39 is 17.8 Å². The molecule has 0 saturated heterocycles. The average Bonchev–Trinajstić information content (AvgIpc) is 3.58. The first kappa shape index (κ1) is 25.0. The number of carbonyl (C=O) groups excluding carboxylic acids is 3. The van der Waals surface area contributed by atoms with Crippen LogP contribution in [0, 0.1) is 6.92 Å². The maximum atomic E-state index is 13.4. The standard InChI is InChI=1S/C27H23N7O6/c1-13-15-5-6-18(17(15)4-3-16(13)26(38)39)31-25(37)21-9-20(32-27-33-29-12-34(21)27)24(36)28-10-14-2-7-22-19(8-14)30-23(35)11-40-22/h2-4,7-9,12,18H,5-6,10-11H2,1H3,(H,28,36)(H,30,35)(H,31,37)(H,38,39)/t18-/m0/s1. The number of nitrogens with zero attached hydrogens (tertiary/aromatic N) is 4. The predicted octanol–water partition coefficient (Wildman–Crippen LogP) is 1.81. The number of anilines is 1. The quantitative estimate of drug-likeness (QED) is 0.283. The number of benzene rings is 2. The van der Waals surface area contributed by atoms with Crippen LogP contribution in [0.1, 0.15) is 66.1 Å². The number of nitrogens with one attached hydrogen (secondary N) is 3. The maximum absolute atomic E-state index is 13.4. The van der Waals surface area contributed by atoms with E-state index >= 15 is 0 Å². The first-order valence-electron chi connectivity index (χ1n) is 12.5. The molecule has 0 unspecified atom stereocenters. The van der Waals surface area contributed by atoms with Crippen LogP contribution in [0.5, 0.6) is 5.75 Å². The van der Waals surface area contributed by atoms with Gasteiger partial charge in [-0.2, -0.15) is 0 Å². The summed E-state index contributed by atoms with van der Waals surface area (Å²) in [5.41, 5.74) is 4.08. The van der Waals surface area contributed by atoms with Crippen molar-refractivity contribution in [1.29, 1.82) is 0 Å². The van der Waals surface area contributed by atoms with Gasteiger partial charge < -0.3 is 25.8 Å². The van der Waals surface area contributed by atoms with Crippen LogP contribution in [0.2, 0.25) is 0 Å². The second-order valence-electron chi connectivity index (χ2n) is 9.55. The van der Waals surface area contributed by atoms with Crippen molar-refractivity contribution in [2.45, 2.75) is 32.4 Å². The Labute approximate surface area is 226 Å². The summed E-state index contributed by atoms with van der Waals surface area (Å²) in [6, 6.07) is 9.53. The fraction of sp³-hybridized carbons (Fsp3) is 0.222. The Morgan fingerprint density at radius 2 is 2.02 bits per heavy atom. The molecule has 6 rings (SSSR count). The van der Waals surface area contributed by atoms with E-state index in [1.807, 2.05) is 0 Å². The lowest BCUT2D eigenvalue weighted by Crippen LogP contribution is -2.30. The maximum Gasteiger partial charge on any atom is 0.335 e. The van der Waals surface area contributed by atoms with Gasteiger partial charge in [-0.1, -0.05) is 12.1 Å². The van der Waals surface area contributed by atoms with E-state index in [0.29, 0.717) is 29.8 Å². The second-order valence-corrected chi connectivity index (χ2v) is 9.55. The van der Waals surface area contributed by atoms with E-state index in [1.54, 1.807) is 37.3 Å². The molecule has 3 amide bonds. The summed E-state index contributed by atoms with van der Waals surface area (Å²) >= 11 is 0. The Balaban J connectivity index is 1.21. The SMILES string of the molecule is Cc1c(C(=O)O)ccc2c1CC[C@@H]2NC(=O)c1cc(C(=O)NCc2ccc3c(c2)NC(=O)CO3)nc2nncn12. The molecule has 2 aliphatic rings. The van der Waals surface area contributed by atoms with Crippen LogP contribution in [-0.4, -0.2) is 55.0 Å². The van der Waals surface area contributed by atoms with Crippen molar-refractivity contribution in [3.63, 3.8) is 0 Å². The summed E-state index contributed by atoms with van der Waals surface area (Å²) in [6.45, 7) is 1.86. The lowest BCUT2D eigenvalue weighted by Gasteiger charge is -2.18. The molecule has 1 aliphatic heterocycles. The van der Waals surface area contributed by atoms with Crippen LogP contribution in [0.4, 0.5) is 5.69 Å². The van der Waals surface area contributed by atoms with Gasteiger partial charge in [0.1, 0.15) is 23.5 Å². The number of hydrogen-bond acceptors (Lipinski definition) is 8. The molecule has 0 saturated carbocycles. The van der Waals surface area contributed by atoms with Crippen LogP contribution in [0.3, 0.4) is 0 Å². The van der Waals surface area contributed by atoms with E-state index in [9.17, 15) is 24.3 Å². The van der Waals surface area contributed by atoms with Gasteiger partial charge in [0.05, 0.1) is 17.3 Å².